The first-order valence-corrected chi connectivity index (χ1v) is 5.94. The van der Waals surface area contributed by atoms with Gasteiger partial charge in [-0.15, -0.1) is 0 Å². The standard InChI is InChI=1S/C14H16N2O/c1-2-3-6-14(17)16-12-7-8-13-11(10-12)5-4-9-15-13/h4-5,7-10H,2-3,6H2,1H3,(H,16,17). The van der Waals surface area contributed by atoms with E-state index in [0.717, 1.165) is 29.4 Å². The second kappa shape index (κ2) is 5.43. The minimum Gasteiger partial charge on any atom is -0.326 e. The minimum atomic E-state index is 0.0788. The number of aromatic nitrogens is 1. The average Bonchev–Trinajstić information content (AvgIpc) is 2.36. The van der Waals surface area contributed by atoms with Gasteiger partial charge in [-0.3, -0.25) is 9.78 Å². The van der Waals surface area contributed by atoms with E-state index in [-0.39, 0.29) is 5.91 Å². The summed E-state index contributed by atoms with van der Waals surface area (Å²) < 4.78 is 0. The van der Waals surface area contributed by atoms with Gasteiger partial charge in [-0.05, 0) is 30.7 Å². The third-order valence-electron chi connectivity index (χ3n) is 2.64. The molecule has 0 aliphatic heterocycles. The molecule has 0 saturated heterocycles. The van der Waals surface area contributed by atoms with E-state index in [9.17, 15) is 4.79 Å². The lowest BCUT2D eigenvalue weighted by Crippen LogP contribution is -2.10. The highest BCUT2D eigenvalue weighted by Crippen LogP contribution is 2.17. The van der Waals surface area contributed by atoms with Gasteiger partial charge >= 0.3 is 0 Å². The first kappa shape index (κ1) is 11.6. The fraction of sp³-hybridized carbons (Fsp3) is 0.286. The van der Waals surface area contributed by atoms with Gasteiger partial charge in [0.25, 0.3) is 0 Å². The summed E-state index contributed by atoms with van der Waals surface area (Å²) in [6, 6.07) is 9.64. The van der Waals surface area contributed by atoms with Crippen molar-refractivity contribution in [2.24, 2.45) is 0 Å². The third-order valence-corrected chi connectivity index (χ3v) is 2.64. The van der Waals surface area contributed by atoms with E-state index in [1.807, 2.05) is 30.3 Å². The van der Waals surface area contributed by atoms with E-state index in [1.165, 1.54) is 0 Å². The number of carbonyl (C=O) groups excluding carboxylic acids is 1. The SMILES string of the molecule is CCCCC(=O)Nc1ccc2ncccc2c1. The Morgan fingerprint density at radius 1 is 1.35 bits per heavy atom. The van der Waals surface area contributed by atoms with Crippen LogP contribution in [0.3, 0.4) is 0 Å². The monoisotopic (exact) mass is 228 g/mol. The van der Waals surface area contributed by atoms with Crippen molar-refractivity contribution in [1.82, 2.24) is 4.98 Å². The Hall–Kier alpha value is -1.90. The lowest BCUT2D eigenvalue weighted by atomic mass is 10.2. The third kappa shape index (κ3) is 3.03. The Morgan fingerprint density at radius 2 is 2.24 bits per heavy atom. The molecule has 0 radical (unpaired) electrons. The topological polar surface area (TPSA) is 42.0 Å². The highest BCUT2D eigenvalue weighted by atomic mass is 16.1. The van der Waals surface area contributed by atoms with Gasteiger partial charge in [-0.1, -0.05) is 19.4 Å². The Bertz CT molecular complexity index is 522. The van der Waals surface area contributed by atoms with Crippen LogP contribution in [0.15, 0.2) is 36.5 Å². The molecule has 1 aromatic heterocycles. The van der Waals surface area contributed by atoms with E-state index in [4.69, 9.17) is 0 Å². The van der Waals surface area contributed by atoms with Crippen molar-refractivity contribution < 1.29 is 4.79 Å². The van der Waals surface area contributed by atoms with E-state index in [1.54, 1.807) is 6.20 Å². The van der Waals surface area contributed by atoms with Gasteiger partial charge in [0.2, 0.25) is 5.91 Å². The lowest BCUT2D eigenvalue weighted by Gasteiger charge is -2.05. The first-order valence-electron chi connectivity index (χ1n) is 5.94. The van der Waals surface area contributed by atoms with E-state index >= 15 is 0 Å². The van der Waals surface area contributed by atoms with Gasteiger partial charge < -0.3 is 5.32 Å². The van der Waals surface area contributed by atoms with Crippen molar-refractivity contribution in [3.63, 3.8) is 0 Å². The lowest BCUT2D eigenvalue weighted by molar-refractivity contribution is -0.116. The van der Waals surface area contributed by atoms with Crippen molar-refractivity contribution in [3.05, 3.63) is 36.5 Å². The van der Waals surface area contributed by atoms with Crippen LogP contribution < -0.4 is 5.32 Å². The molecule has 0 saturated carbocycles. The fourth-order valence-electron chi connectivity index (χ4n) is 1.71. The number of amides is 1. The van der Waals surface area contributed by atoms with Crippen LogP contribution >= 0.6 is 0 Å². The second-order valence-corrected chi connectivity index (χ2v) is 4.06. The molecule has 0 aliphatic carbocycles. The summed E-state index contributed by atoms with van der Waals surface area (Å²) in [5.74, 6) is 0.0788. The smallest absolute Gasteiger partial charge is 0.224 e. The molecule has 3 heteroatoms. The highest BCUT2D eigenvalue weighted by Gasteiger charge is 2.02. The maximum atomic E-state index is 11.6. The maximum Gasteiger partial charge on any atom is 0.224 e. The molecule has 2 aromatic rings. The quantitative estimate of drug-likeness (QED) is 0.871. The summed E-state index contributed by atoms with van der Waals surface area (Å²) in [7, 11) is 0. The number of carbonyl (C=O) groups is 1. The molecule has 0 aliphatic rings. The van der Waals surface area contributed by atoms with Crippen molar-refractivity contribution in [1.29, 1.82) is 0 Å². The number of hydrogen-bond acceptors (Lipinski definition) is 2. The van der Waals surface area contributed by atoms with Crippen LogP contribution in [0.1, 0.15) is 26.2 Å². The molecular formula is C14H16N2O. The average molecular weight is 228 g/mol. The Kier molecular flexibility index (Phi) is 3.70. The summed E-state index contributed by atoms with van der Waals surface area (Å²) in [5, 5.41) is 3.94. The van der Waals surface area contributed by atoms with Crippen LogP contribution in [0.2, 0.25) is 0 Å². The van der Waals surface area contributed by atoms with E-state index in [2.05, 4.69) is 17.2 Å². The highest BCUT2D eigenvalue weighted by molar-refractivity contribution is 5.93. The van der Waals surface area contributed by atoms with E-state index < -0.39 is 0 Å². The largest absolute Gasteiger partial charge is 0.326 e. The molecule has 1 aromatic carbocycles. The summed E-state index contributed by atoms with van der Waals surface area (Å²) in [6.45, 7) is 2.08. The van der Waals surface area contributed by atoms with Crippen molar-refractivity contribution in [2.45, 2.75) is 26.2 Å². The van der Waals surface area contributed by atoms with Crippen LogP contribution in [0.5, 0.6) is 0 Å². The Balaban J connectivity index is 2.11. The molecule has 0 spiro atoms. The summed E-state index contributed by atoms with van der Waals surface area (Å²) in [6.07, 6.45) is 4.32. The zero-order chi connectivity index (χ0) is 12.1. The van der Waals surface area contributed by atoms with E-state index in [0.29, 0.717) is 6.42 Å². The van der Waals surface area contributed by atoms with Crippen LogP contribution in [-0.2, 0) is 4.79 Å². The molecule has 88 valence electrons. The zero-order valence-corrected chi connectivity index (χ0v) is 9.94. The molecular weight excluding hydrogens is 212 g/mol. The Morgan fingerprint density at radius 3 is 3.06 bits per heavy atom. The number of pyridine rings is 1. The molecule has 1 heterocycles. The number of benzene rings is 1. The number of rotatable bonds is 4. The Labute approximate surface area is 101 Å². The molecule has 0 unspecified atom stereocenters. The van der Waals surface area contributed by atoms with Gasteiger partial charge in [-0.25, -0.2) is 0 Å². The van der Waals surface area contributed by atoms with Gasteiger partial charge in [0.05, 0.1) is 5.52 Å². The van der Waals surface area contributed by atoms with Crippen molar-refractivity contribution in [3.8, 4) is 0 Å². The number of nitrogens with one attached hydrogen (secondary N) is 1. The molecule has 0 fully saturated rings. The van der Waals surface area contributed by atoms with Crippen molar-refractivity contribution >= 4 is 22.5 Å². The molecule has 1 amide bonds. The number of unbranched alkanes of at least 4 members (excludes halogenated alkanes) is 1. The zero-order valence-electron chi connectivity index (χ0n) is 9.94. The fourth-order valence-corrected chi connectivity index (χ4v) is 1.71. The summed E-state index contributed by atoms with van der Waals surface area (Å²) >= 11 is 0. The number of anilines is 1. The van der Waals surface area contributed by atoms with Crippen LogP contribution in [0.25, 0.3) is 10.9 Å². The molecule has 0 bridgehead atoms. The first-order chi connectivity index (χ1) is 8.29. The van der Waals surface area contributed by atoms with Crippen LogP contribution in [0, 0.1) is 0 Å². The second-order valence-electron chi connectivity index (χ2n) is 4.06. The van der Waals surface area contributed by atoms with Gasteiger partial charge in [0.15, 0.2) is 0 Å². The van der Waals surface area contributed by atoms with Gasteiger partial charge in [0.1, 0.15) is 0 Å². The molecule has 3 nitrogen and oxygen atoms in total. The molecule has 1 N–H and O–H groups in total. The molecule has 2 rings (SSSR count). The van der Waals surface area contributed by atoms with Gasteiger partial charge in [0, 0.05) is 23.7 Å². The minimum absolute atomic E-state index is 0.0788. The molecule has 17 heavy (non-hydrogen) atoms. The predicted molar refractivity (Wildman–Crippen MR) is 69.9 cm³/mol. The number of hydrogen-bond donors (Lipinski definition) is 1. The van der Waals surface area contributed by atoms with Crippen molar-refractivity contribution in [2.75, 3.05) is 5.32 Å². The predicted octanol–water partition coefficient (Wildman–Crippen LogP) is 3.36. The van der Waals surface area contributed by atoms with Crippen LogP contribution in [-0.4, -0.2) is 10.9 Å². The molecule has 0 atom stereocenters. The normalized spacial score (nSPS) is 10.4. The summed E-state index contributed by atoms with van der Waals surface area (Å²) in [5.41, 5.74) is 1.78. The summed E-state index contributed by atoms with van der Waals surface area (Å²) in [4.78, 5) is 15.8. The van der Waals surface area contributed by atoms with Crippen LogP contribution in [0.4, 0.5) is 5.69 Å². The number of nitrogens with zero attached hydrogens (tertiary/aromatic N) is 1. The van der Waals surface area contributed by atoms with Gasteiger partial charge in [-0.2, -0.15) is 0 Å². The maximum absolute atomic E-state index is 11.6. The number of fused-ring (bicyclic) bond motifs is 1.